The predicted molar refractivity (Wildman–Crippen MR) is 135 cm³/mol. The Hall–Kier alpha value is -3.56. The Morgan fingerprint density at radius 2 is 1.92 bits per heavy atom. The van der Waals surface area contributed by atoms with E-state index in [2.05, 4.69) is 25.2 Å². The van der Waals surface area contributed by atoms with Gasteiger partial charge in [0.15, 0.2) is 5.82 Å². The van der Waals surface area contributed by atoms with Crippen LogP contribution in [0.15, 0.2) is 42.6 Å². The molecule has 2 aliphatic rings. The van der Waals surface area contributed by atoms with Crippen molar-refractivity contribution in [1.82, 2.24) is 20.3 Å². The van der Waals surface area contributed by atoms with Gasteiger partial charge in [-0.2, -0.15) is 9.97 Å². The molecule has 0 unspecified atom stereocenters. The summed E-state index contributed by atoms with van der Waals surface area (Å²) < 4.78 is 21.7. The van der Waals surface area contributed by atoms with Crippen LogP contribution in [0.1, 0.15) is 19.3 Å². The minimum atomic E-state index is -1.000. The van der Waals surface area contributed by atoms with Crippen LogP contribution in [0.2, 0.25) is 5.02 Å². The average Bonchev–Trinajstić information content (AvgIpc) is 3.21. The zero-order valence-corrected chi connectivity index (χ0v) is 20.0. The van der Waals surface area contributed by atoms with E-state index in [1.165, 1.54) is 0 Å². The topological polar surface area (TPSA) is 100 Å². The number of nitrogens with one attached hydrogen (secondary N) is 1. The number of hydrogen-bond acceptors (Lipinski definition) is 7. The number of nitrogens with zero attached hydrogens (tertiary/aromatic N) is 4. The van der Waals surface area contributed by atoms with Crippen molar-refractivity contribution in [1.29, 1.82) is 0 Å². The van der Waals surface area contributed by atoms with Gasteiger partial charge in [-0.15, -0.1) is 0 Å². The van der Waals surface area contributed by atoms with E-state index in [1.807, 2.05) is 24.3 Å². The van der Waals surface area contributed by atoms with Gasteiger partial charge in [-0.1, -0.05) is 41.9 Å². The molecular formula is C26H23ClFN5O3. The number of halogens is 2. The van der Waals surface area contributed by atoms with Gasteiger partial charge >= 0.3 is 12.0 Å². The van der Waals surface area contributed by atoms with Crippen LogP contribution in [0.4, 0.5) is 10.2 Å². The molecule has 2 fully saturated rings. The van der Waals surface area contributed by atoms with Crippen molar-refractivity contribution < 1.29 is 19.0 Å². The summed E-state index contributed by atoms with van der Waals surface area (Å²) in [5.74, 6) is -1.07. The highest BCUT2D eigenvalue weighted by Gasteiger charge is 2.34. The first-order chi connectivity index (χ1) is 17.5. The van der Waals surface area contributed by atoms with E-state index < -0.39 is 11.8 Å². The quantitative estimate of drug-likeness (QED) is 0.395. The van der Waals surface area contributed by atoms with Crippen LogP contribution in [-0.4, -0.2) is 57.8 Å². The van der Waals surface area contributed by atoms with Crippen molar-refractivity contribution in [2.75, 3.05) is 24.6 Å². The summed E-state index contributed by atoms with van der Waals surface area (Å²) in [6.07, 6.45) is 3.53. The van der Waals surface area contributed by atoms with E-state index in [1.54, 1.807) is 18.3 Å². The summed E-state index contributed by atoms with van der Waals surface area (Å²) in [5, 5.41) is 15.1. The molecule has 2 bridgehead atoms. The van der Waals surface area contributed by atoms with E-state index in [0.29, 0.717) is 39.3 Å². The highest BCUT2D eigenvalue weighted by molar-refractivity contribution is 6.36. The van der Waals surface area contributed by atoms with Gasteiger partial charge in [0.1, 0.15) is 23.6 Å². The summed E-state index contributed by atoms with van der Waals surface area (Å²) in [4.78, 5) is 26.5. The van der Waals surface area contributed by atoms with E-state index in [4.69, 9.17) is 21.4 Å². The third kappa shape index (κ3) is 4.08. The number of rotatable bonds is 6. The van der Waals surface area contributed by atoms with Crippen LogP contribution in [0.25, 0.3) is 32.9 Å². The number of aliphatic carboxylic acids is 1. The minimum Gasteiger partial charge on any atom is -0.481 e. The summed E-state index contributed by atoms with van der Waals surface area (Å²) in [5.41, 5.74) is 0.763. The average molecular weight is 508 g/mol. The Balaban J connectivity index is 1.51. The molecule has 10 heteroatoms. The summed E-state index contributed by atoms with van der Waals surface area (Å²) in [7, 11) is 0. The lowest BCUT2D eigenvalue weighted by atomic mass is 10.0. The molecule has 0 saturated carbocycles. The normalized spacial score (nSPS) is 19.2. The Kier molecular flexibility index (Phi) is 5.81. The fraction of sp³-hybridized carbons (Fsp3) is 0.308. The highest BCUT2D eigenvalue weighted by Crippen LogP contribution is 2.38. The van der Waals surface area contributed by atoms with E-state index in [9.17, 15) is 4.79 Å². The number of piperazine rings is 1. The monoisotopic (exact) mass is 507 g/mol. The molecule has 2 aromatic carbocycles. The maximum absolute atomic E-state index is 16.2. The molecule has 4 aromatic rings. The number of anilines is 1. The molecule has 0 amide bonds. The smallest absolute Gasteiger partial charge is 0.319 e. The lowest BCUT2D eigenvalue weighted by molar-refractivity contribution is -0.137. The molecule has 0 radical (unpaired) electrons. The first-order valence-corrected chi connectivity index (χ1v) is 12.2. The van der Waals surface area contributed by atoms with Crippen LogP contribution in [0.5, 0.6) is 6.01 Å². The van der Waals surface area contributed by atoms with Crippen LogP contribution in [-0.2, 0) is 4.79 Å². The fourth-order valence-electron chi connectivity index (χ4n) is 5.21. The molecule has 2 atom stereocenters. The summed E-state index contributed by atoms with van der Waals surface area (Å²) in [6.45, 7) is 1.32. The Morgan fingerprint density at radius 3 is 2.67 bits per heavy atom. The molecule has 0 aliphatic carbocycles. The van der Waals surface area contributed by atoms with Crippen molar-refractivity contribution in [2.45, 2.75) is 31.3 Å². The molecule has 8 nitrogen and oxygen atoms in total. The maximum atomic E-state index is 16.2. The van der Waals surface area contributed by atoms with Gasteiger partial charge in [0.25, 0.3) is 0 Å². The van der Waals surface area contributed by atoms with Crippen molar-refractivity contribution in [2.24, 2.45) is 0 Å². The number of pyridine rings is 1. The maximum Gasteiger partial charge on any atom is 0.319 e. The Morgan fingerprint density at radius 1 is 1.17 bits per heavy atom. The number of benzene rings is 2. The number of fused-ring (bicyclic) bond motifs is 4. The number of ether oxygens (including phenoxy) is 1. The number of aromatic nitrogens is 3. The standard InChI is InChI=1S/C26H23ClFN5O3/c27-19-6-2-4-14-3-1-5-17(21(14)19)23-22(28)24-18(11-29-23)25(32-26(31-24)36-10-9-20(34)35)33-12-15-7-8-16(13-33)30-15/h1-6,11,15-16,30H,7-10,12-13H2,(H,34,35)/t15-,16+. The Bertz CT molecular complexity index is 1480. The van der Waals surface area contributed by atoms with Crippen LogP contribution in [0, 0.1) is 5.82 Å². The number of hydrogen-bond donors (Lipinski definition) is 2. The molecule has 6 rings (SSSR count). The van der Waals surface area contributed by atoms with Gasteiger partial charge in [-0.25, -0.2) is 4.39 Å². The second-order valence-electron chi connectivity index (χ2n) is 9.19. The van der Waals surface area contributed by atoms with Crippen molar-refractivity contribution in [3.63, 3.8) is 0 Å². The minimum absolute atomic E-state index is 0.0587. The molecule has 36 heavy (non-hydrogen) atoms. The first kappa shape index (κ1) is 22.9. The van der Waals surface area contributed by atoms with Gasteiger partial charge in [-0.05, 0) is 24.3 Å². The molecule has 184 valence electrons. The van der Waals surface area contributed by atoms with Gasteiger partial charge in [0, 0.05) is 47.3 Å². The van der Waals surface area contributed by atoms with Crippen molar-refractivity contribution in [3.8, 4) is 17.3 Å². The zero-order valence-electron chi connectivity index (χ0n) is 19.2. The van der Waals surface area contributed by atoms with Crippen molar-refractivity contribution in [3.05, 3.63) is 53.4 Å². The highest BCUT2D eigenvalue weighted by atomic mass is 35.5. The zero-order chi connectivity index (χ0) is 24.8. The molecule has 0 spiro atoms. The Labute approximate surface area is 211 Å². The van der Waals surface area contributed by atoms with Gasteiger partial charge in [-0.3, -0.25) is 9.78 Å². The van der Waals surface area contributed by atoms with E-state index in [-0.39, 0.29) is 30.2 Å². The lowest BCUT2D eigenvalue weighted by Crippen LogP contribution is -2.51. The second kappa shape index (κ2) is 9.15. The predicted octanol–water partition coefficient (Wildman–Crippen LogP) is 4.43. The number of carbonyl (C=O) groups is 1. The molecular weight excluding hydrogens is 485 g/mol. The third-order valence-corrected chi connectivity index (χ3v) is 7.13. The third-order valence-electron chi connectivity index (χ3n) is 6.82. The van der Waals surface area contributed by atoms with Crippen molar-refractivity contribution >= 4 is 45.1 Å². The molecule has 2 N–H and O–H groups in total. The second-order valence-corrected chi connectivity index (χ2v) is 9.60. The largest absolute Gasteiger partial charge is 0.481 e. The van der Waals surface area contributed by atoms with Crippen LogP contribution < -0.4 is 15.0 Å². The lowest BCUT2D eigenvalue weighted by Gasteiger charge is -2.34. The molecule has 2 aromatic heterocycles. The van der Waals surface area contributed by atoms with E-state index >= 15 is 4.39 Å². The van der Waals surface area contributed by atoms with Crippen LogP contribution >= 0.6 is 11.6 Å². The molecule has 2 saturated heterocycles. The number of carboxylic acid groups (broad SMARTS) is 1. The number of carboxylic acids is 1. The molecule has 2 aliphatic heterocycles. The van der Waals surface area contributed by atoms with Gasteiger partial charge in [0.2, 0.25) is 0 Å². The van der Waals surface area contributed by atoms with Gasteiger partial charge < -0.3 is 20.1 Å². The molecule has 4 heterocycles. The SMILES string of the molecule is O=C(O)CCOc1nc(N2C[C@H]3CC[C@@H](C2)N3)c2cnc(-c3cccc4cccc(Cl)c34)c(F)c2n1. The summed E-state index contributed by atoms with van der Waals surface area (Å²) in [6, 6.07) is 11.7. The fourth-order valence-corrected chi connectivity index (χ4v) is 5.49. The summed E-state index contributed by atoms with van der Waals surface area (Å²) >= 11 is 6.49. The first-order valence-electron chi connectivity index (χ1n) is 11.9. The van der Waals surface area contributed by atoms with Crippen LogP contribution in [0.3, 0.4) is 0 Å². The van der Waals surface area contributed by atoms with E-state index in [0.717, 1.165) is 31.3 Å². The van der Waals surface area contributed by atoms with Gasteiger partial charge in [0.05, 0.1) is 11.8 Å².